The Labute approximate surface area is 112 Å². The highest BCUT2D eigenvalue weighted by atomic mass is 32.1. The Bertz CT molecular complexity index is 466. The van der Waals surface area contributed by atoms with Crippen molar-refractivity contribution >= 4 is 18.7 Å². The van der Waals surface area contributed by atoms with Gasteiger partial charge in [0.25, 0.3) is 0 Å². The summed E-state index contributed by atoms with van der Waals surface area (Å²) < 4.78 is 13.3. The third kappa shape index (κ3) is 2.32. The number of urea groups is 1. The van der Waals surface area contributed by atoms with Gasteiger partial charge >= 0.3 is 6.03 Å². The number of halogens is 1. The lowest BCUT2D eigenvalue weighted by Crippen LogP contribution is -2.31. The molecule has 2 rings (SSSR count). The Hall–Kier alpha value is -1.23. The second-order valence-corrected chi connectivity index (χ2v) is 5.03. The summed E-state index contributed by atoms with van der Waals surface area (Å²) in [5.41, 5.74) is 1.59. The maximum absolute atomic E-state index is 13.3. The van der Waals surface area contributed by atoms with Crippen LogP contribution in [0.5, 0.6) is 0 Å². The van der Waals surface area contributed by atoms with Crippen molar-refractivity contribution in [1.82, 2.24) is 9.80 Å². The van der Waals surface area contributed by atoms with Crippen LogP contribution in [0.1, 0.15) is 17.2 Å². The molecule has 0 bridgehead atoms. The van der Waals surface area contributed by atoms with E-state index in [1.165, 1.54) is 6.07 Å². The normalized spacial score (nSPS) is 19.8. The Morgan fingerprint density at radius 2 is 2.22 bits per heavy atom. The molecule has 0 N–H and O–H groups in total. The first-order valence-corrected chi connectivity index (χ1v) is 6.56. The Morgan fingerprint density at radius 3 is 2.83 bits per heavy atom. The SMILES string of the molecule is Cc1cc(C2CN(CCS)C(=O)N2C)ccc1F. The zero-order valence-electron chi connectivity index (χ0n) is 10.6. The van der Waals surface area contributed by atoms with Crippen molar-refractivity contribution < 1.29 is 9.18 Å². The quantitative estimate of drug-likeness (QED) is 0.836. The average Bonchev–Trinajstić information content (AvgIpc) is 2.62. The molecule has 1 atom stereocenters. The van der Waals surface area contributed by atoms with Gasteiger partial charge in [0.15, 0.2) is 0 Å². The minimum Gasteiger partial charge on any atom is -0.321 e. The molecule has 1 aliphatic rings. The van der Waals surface area contributed by atoms with Crippen LogP contribution in [0.3, 0.4) is 0 Å². The molecule has 1 unspecified atom stereocenters. The predicted molar refractivity (Wildman–Crippen MR) is 72.5 cm³/mol. The third-order valence-corrected chi connectivity index (χ3v) is 3.57. The summed E-state index contributed by atoms with van der Waals surface area (Å²) in [6, 6.07) is 5.03. The first-order chi connectivity index (χ1) is 8.54. The van der Waals surface area contributed by atoms with Crippen molar-refractivity contribution in [2.24, 2.45) is 0 Å². The first-order valence-electron chi connectivity index (χ1n) is 5.93. The highest BCUT2D eigenvalue weighted by molar-refractivity contribution is 7.80. The van der Waals surface area contributed by atoms with Gasteiger partial charge in [-0.2, -0.15) is 12.6 Å². The van der Waals surface area contributed by atoms with E-state index in [-0.39, 0.29) is 17.9 Å². The second-order valence-electron chi connectivity index (χ2n) is 4.59. The maximum Gasteiger partial charge on any atom is 0.320 e. The van der Waals surface area contributed by atoms with Crippen LogP contribution >= 0.6 is 12.6 Å². The molecule has 18 heavy (non-hydrogen) atoms. The van der Waals surface area contributed by atoms with Gasteiger partial charge in [0, 0.05) is 25.9 Å². The van der Waals surface area contributed by atoms with E-state index in [2.05, 4.69) is 12.6 Å². The van der Waals surface area contributed by atoms with Crippen LogP contribution < -0.4 is 0 Å². The highest BCUT2D eigenvalue weighted by Crippen LogP contribution is 2.28. The molecule has 5 heteroatoms. The number of likely N-dealkylation sites (N-methyl/N-ethyl adjacent to an activating group) is 1. The fraction of sp³-hybridized carbons (Fsp3) is 0.462. The number of hydrogen-bond donors (Lipinski definition) is 1. The van der Waals surface area contributed by atoms with Crippen LogP contribution in [0.15, 0.2) is 18.2 Å². The third-order valence-electron chi connectivity index (χ3n) is 3.37. The maximum atomic E-state index is 13.3. The Morgan fingerprint density at radius 1 is 1.50 bits per heavy atom. The molecule has 0 spiro atoms. The van der Waals surface area contributed by atoms with E-state index in [1.54, 1.807) is 29.8 Å². The molecule has 98 valence electrons. The van der Waals surface area contributed by atoms with E-state index in [0.717, 1.165) is 5.56 Å². The number of thiol groups is 1. The lowest BCUT2D eigenvalue weighted by atomic mass is 10.0. The first kappa shape index (κ1) is 13.2. The summed E-state index contributed by atoms with van der Waals surface area (Å²) in [5.74, 6) is 0.437. The minimum atomic E-state index is -0.210. The molecule has 2 amide bonds. The monoisotopic (exact) mass is 268 g/mol. The Kier molecular flexibility index (Phi) is 3.80. The van der Waals surface area contributed by atoms with Gasteiger partial charge in [0.2, 0.25) is 0 Å². The topological polar surface area (TPSA) is 23.6 Å². The van der Waals surface area contributed by atoms with Crippen LogP contribution in [0.4, 0.5) is 9.18 Å². The van der Waals surface area contributed by atoms with Crippen molar-refractivity contribution in [2.45, 2.75) is 13.0 Å². The molecule has 3 nitrogen and oxygen atoms in total. The molecule has 1 saturated heterocycles. The molecular formula is C13H17FN2OS. The fourth-order valence-corrected chi connectivity index (χ4v) is 2.52. The molecule has 1 fully saturated rings. The van der Waals surface area contributed by atoms with Crippen molar-refractivity contribution in [3.63, 3.8) is 0 Å². The van der Waals surface area contributed by atoms with E-state index < -0.39 is 0 Å². The standard InChI is InChI=1S/C13H17FN2OS/c1-9-7-10(3-4-11(9)14)12-8-16(5-6-18)13(17)15(12)2/h3-4,7,12,18H,5-6,8H2,1-2H3. The summed E-state index contributed by atoms with van der Waals surface area (Å²) in [4.78, 5) is 15.5. The summed E-state index contributed by atoms with van der Waals surface area (Å²) in [6.07, 6.45) is 0. The van der Waals surface area contributed by atoms with Crippen molar-refractivity contribution in [3.8, 4) is 0 Å². The number of aryl methyl sites for hydroxylation is 1. The summed E-state index contributed by atoms with van der Waals surface area (Å²) in [5, 5.41) is 0. The molecule has 1 aromatic carbocycles. The summed E-state index contributed by atoms with van der Waals surface area (Å²) in [7, 11) is 1.78. The van der Waals surface area contributed by atoms with E-state index in [9.17, 15) is 9.18 Å². The smallest absolute Gasteiger partial charge is 0.320 e. The van der Waals surface area contributed by atoms with E-state index in [1.807, 2.05) is 6.07 Å². The predicted octanol–water partition coefficient (Wildman–Crippen LogP) is 2.47. The molecule has 1 aromatic rings. The lowest BCUT2D eigenvalue weighted by Gasteiger charge is -2.18. The van der Waals surface area contributed by atoms with E-state index in [4.69, 9.17) is 0 Å². The largest absolute Gasteiger partial charge is 0.321 e. The summed E-state index contributed by atoms with van der Waals surface area (Å²) >= 11 is 4.15. The number of hydrogen-bond acceptors (Lipinski definition) is 2. The zero-order valence-corrected chi connectivity index (χ0v) is 11.5. The van der Waals surface area contributed by atoms with Gasteiger partial charge < -0.3 is 9.80 Å². The van der Waals surface area contributed by atoms with Gasteiger partial charge in [-0.15, -0.1) is 0 Å². The van der Waals surface area contributed by atoms with E-state index >= 15 is 0 Å². The molecule has 1 aliphatic heterocycles. The molecule has 1 heterocycles. The number of rotatable bonds is 3. The summed E-state index contributed by atoms with van der Waals surface area (Å²) in [6.45, 7) is 3.02. The fourth-order valence-electron chi connectivity index (χ4n) is 2.28. The number of benzene rings is 1. The zero-order chi connectivity index (χ0) is 13.3. The van der Waals surface area contributed by atoms with E-state index in [0.29, 0.717) is 24.4 Å². The van der Waals surface area contributed by atoms with Crippen molar-refractivity contribution in [2.75, 3.05) is 25.9 Å². The average molecular weight is 268 g/mol. The van der Waals surface area contributed by atoms with Crippen LogP contribution in [0, 0.1) is 12.7 Å². The molecule has 0 aliphatic carbocycles. The number of carbonyl (C=O) groups is 1. The van der Waals surface area contributed by atoms with Crippen molar-refractivity contribution in [3.05, 3.63) is 35.1 Å². The highest BCUT2D eigenvalue weighted by Gasteiger charge is 2.34. The van der Waals surface area contributed by atoms with Gasteiger partial charge in [-0.05, 0) is 24.1 Å². The second kappa shape index (κ2) is 5.18. The van der Waals surface area contributed by atoms with Gasteiger partial charge in [0.1, 0.15) is 5.82 Å². The Balaban J connectivity index is 2.23. The molecular weight excluding hydrogens is 251 g/mol. The number of carbonyl (C=O) groups excluding carboxylic acids is 1. The van der Waals surface area contributed by atoms with Gasteiger partial charge in [-0.25, -0.2) is 9.18 Å². The molecule has 0 aromatic heterocycles. The molecule has 0 saturated carbocycles. The lowest BCUT2D eigenvalue weighted by molar-refractivity contribution is 0.197. The van der Waals surface area contributed by atoms with Crippen LogP contribution in [0.25, 0.3) is 0 Å². The van der Waals surface area contributed by atoms with Gasteiger partial charge in [-0.3, -0.25) is 0 Å². The number of nitrogens with zero attached hydrogens (tertiary/aromatic N) is 2. The van der Waals surface area contributed by atoms with Crippen molar-refractivity contribution in [1.29, 1.82) is 0 Å². The van der Waals surface area contributed by atoms with Crippen LogP contribution in [-0.2, 0) is 0 Å². The van der Waals surface area contributed by atoms with Gasteiger partial charge in [0.05, 0.1) is 6.04 Å². The minimum absolute atomic E-state index is 0.00307. The van der Waals surface area contributed by atoms with Gasteiger partial charge in [-0.1, -0.05) is 12.1 Å². The van der Waals surface area contributed by atoms with Crippen LogP contribution in [0.2, 0.25) is 0 Å². The number of amides is 2. The van der Waals surface area contributed by atoms with Crippen LogP contribution in [-0.4, -0.2) is 41.7 Å². The molecule has 0 radical (unpaired) electrons.